The predicted molar refractivity (Wildman–Crippen MR) is 78.6 cm³/mol. The van der Waals surface area contributed by atoms with Crippen LogP contribution in [-0.4, -0.2) is 12.0 Å². The normalized spacial score (nSPS) is 12.4. The first kappa shape index (κ1) is 14.2. The first-order chi connectivity index (χ1) is 9.11. The smallest absolute Gasteiger partial charge is 0.137 e. The molecule has 1 aromatic heterocycles. The van der Waals surface area contributed by atoms with E-state index >= 15 is 0 Å². The first-order valence-corrected chi connectivity index (χ1v) is 6.93. The molecule has 0 amide bonds. The van der Waals surface area contributed by atoms with E-state index in [0.717, 1.165) is 16.7 Å². The van der Waals surface area contributed by atoms with Crippen LogP contribution in [0.4, 0.5) is 4.39 Å². The summed E-state index contributed by atoms with van der Waals surface area (Å²) in [5, 5.41) is 3.26. The van der Waals surface area contributed by atoms with E-state index in [9.17, 15) is 4.39 Å². The van der Waals surface area contributed by atoms with Crippen LogP contribution in [0.15, 0.2) is 41.1 Å². The maximum Gasteiger partial charge on any atom is 0.137 e. The Kier molecular flexibility index (Phi) is 4.66. The summed E-state index contributed by atoms with van der Waals surface area (Å²) in [5.41, 5.74) is 3.18. The molecule has 0 aliphatic heterocycles. The number of likely N-dealkylation sites (N-methyl/N-ethyl adjacent to an activating group) is 1. The first-order valence-electron chi connectivity index (χ1n) is 6.13. The van der Waals surface area contributed by atoms with E-state index in [1.165, 1.54) is 6.07 Å². The Labute approximate surface area is 121 Å². The van der Waals surface area contributed by atoms with Crippen LogP contribution in [0.5, 0.6) is 0 Å². The van der Waals surface area contributed by atoms with Gasteiger partial charge in [-0.3, -0.25) is 4.98 Å². The summed E-state index contributed by atoms with van der Waals surface area (Å²) in [6, 6.07) is 7.33. The zero-order valence-corrected chi connectivity index (χ0v) is 12.5. The molecule has 1 heterocycles. The molecule has 0 saturated carbocycles. The fourth-order valence-electron chi connectivity index (χ4n) is 2.08. The van der Waals surface area contributed by atoms with E-state index in [0.29, 0.717) is 10.9 Å². The van der Waals surface area contributed by atoms with Crippen molar-refractivity contribution in [2.45, 2.75) is 19.4 Å². The molecule has 2 nitrogen and oxygen atoms in total. The lowest BCUT2D eigenvalue weighted by atomic mass is 9.99. The molecule has 1 N–H and O–H groups in total. The van der Waals surface area contributed by atoms with Crippen molar-refractivity contribution in [1.29, 1.82) is 0 Å². The lowest BCUT2D eigenvalue weighted by Crippen LogP contribution is -2.19. The number of nitrogens with one attached hydrogen (secondary N) is 1. The summed E-state index contributed by atoms with van der Waals surface area (Å²) >= 11 is 3.31. The van der Waals surface area contributed by atoms with Gasteiger partial charge in [0.2, 0.25) is 0 Å². The Morgan fingerprint density at radius 2 is 2.16 bits per heavy atom. The molecule has 0 radical (unpaired) electrons. The summed E-state index contributed by atoms with van der Waals surface area (Å²) in [6.45, 7) is 2.02. The molecule has 0 spiro atoms. The minimum atomic E-state index is -0.227. The van der Waals surface area contributed by atoms with Crippen LogP contribution in [0.2, 0.25) is 0 Å². The molecule has 2 aromatic rings. The third-order valence-corrected chi connectivity index (χ3v) is 3.99. The topological polar surface area (TPSA) is 24.9 Å². The van der Waals surface area contributed by atoms with Crippen molar-refractivity contribution in [2.75, 3.05) is 7.05 Å². The lowest BCUT2D eigenvalue weighted by Gasteiger charge is -2.17. The van der Waals surface area contributed by atoms with Gasteiger partial charge in [0.05, 0.1) is 4.47 Å². The summed E-state index contributed by atoms with van der Waals surface area (Å²) < 4.78 is 14.1. The highest BCUT2D eigenvalue weighted by atomic mass is 79.9. The fourth-order valence-corrected chi connectivity index (χ4v) is 2.51. The monoisotopic (exact) mass is 322 g/mol. The second-order valence-electron chi connectivity index (χ2n) is 4.55. The van der Waals surface area contributed by atoms with Gasteiger partial charge in [-0.25, -0.2) is 4.39 Å². The largest absolute Gasteiger partial charge is 0.313 e. The van der Waals surface area contributed by atoms with Crippen molar-refractivity contribution >= 4 is 15.9 Å². The van der Waals surface area contributed by atoms with Gasteiger partial charge in [0.15, 0.2) is 0 Å². The molecular formula is C15H16BrFN2. The van der Waals surface area contributed by atoms with Crippen LogP contribution >= 0.6 is 15.9 Å². The average Bonchev–Trinajstić information content (AvgIpc) is 2.40. The SMILES string of the molecule is CNC(Cc1cccc(F)c1Br)c1cncc(C)c1. The second-order valence-corrected chi connectivity index (χ2v) is 5.35. The number of nitrogens with zero attached hydrogens (tertiary/aromatic N) is 1. The fraction of sp³-hybridized carbons (Fsp3) is 0.267. The highest BCUT2D eigenvalue weighted by Gasteiger charge is 2.14. The zero-order chi connectivity index (χ0) is 13.8. The number of benzene rings is 1. The number of aryl methyl sites for hydroxylation is 1. The Morgan fingerprint density at radius 3 is 2.84 bits per heavy atom. The molecule has 0 bridgehead atoms. The number of pyridine rings is 1. The Morgan fingerprint density at radius 1 is 1.37 bits per heavy atom. The molecule has 4 heteroatoms. The highest BCUT2D eigenvalue weighted by molar-refractivity contribution is 9.10. The van der Waals surface area contributed by atoms with Crippen molar-refractivity contribution in [2.24, 2.45) is 0 Å². The number of aromatic nitrogens is 1. The van der Waals surface area contributed by atoms with Crippen LogP contribution in [0.25, 0.3) is 0 Å². The van der Waals surface area contributed by atoms with Gasteiger partial charge in [-0.15, -0.1) is 0 Å². The summed E-state index contributed by atoms with van der Waals surface area (Å²) in [5.74, 6) is -0.227. The van der Waals surface area contributed by atoms with Crippen molar-refractivity contribution in [1.82, 2.24) is 10.3 Å². The van der Waals surface area contributed by atoms with E-state index < -0.39 is 0 Å². The highest BCUT2D eigenvalue weighted by Crippen LogP contribution is 2.25. The molecule has 0 aliphatic rings. The van der Waals surface area contributed by atoms with Crippen LogP contribution in [0, 0.1) is 12.7 Å². The van der Waals surface area contributed by atoms with Gasteiger partial charge >= 0.3 is 0 Å². The Balaban J connectivity index is 2.26. The summed E-state index contributed by atoms with van der Waals surface area (Å²) in [6.07, 6.45) is 4.38. The molecule has 1 aromatic carbocycles. The number of hydrogen-bond donors (Lipinski definition) is 1. The quantitative estimate of drug-likeness (QED) is 0.926. The Hall–Kier alpha value is -1.26. The Bertz CT molecular complexity index is 572. The van der Waals surface area contributed by atoms with Crippen LogP contribution in [0.3, 0.4) is 0 Å². The standard InChI is InChI=1S/C15H16BrFN2/c1-10-6-12(9-19-8-10)14(18-2)7-11-4-3-5-13(17)15(11)16/h3-6,8-9,14,18H,7H2,1-2H3. The van der Waals surface area contributed by atoms with E-state index in [1.54, 1.807) is 6.07 Å². The van der Waals surface area contributed by atoms with Crippen molar-refractivity contribution in [3.63, 3.8) is 0 Å². The minimum Gasteiger partial charge on any atom is -0.313 e. The second kappa shape index (κ2) is 6.26. The maximum absolute atomic E-state index is 13.5. The van der Waals surface area contributed by atoms with Gasteiger partial charge in [0.25, 0.3) is 0 Å². The van der Waals surface area contributed by atoms with Crippen LogP contribution in [-0.2, 0) is 6.42 Å². The van der Waals surface area contributed by atoms with Gasteiger partial charge in [0.1, 0.15) is 5.82 Å². The molecule has 1 unspecified atom stereocenters. The molecule has 1 atom stereocenters. The van der Waals surface area contributed by atoms with Crippen LogP contribution in [0.1, 0.15) is 22.7 Å². The molecule has 100 valence electrons. The van der Waals surface area contributed by atoms with Crippen molar-refractivity contribution < 1.29 is 4.39 Å². The van der Waals surface area contributed by atoms with E-state index in [4.69, 9.17) is 0 Å². The zero-order valence-electron chi connectivity index (χ0n) is 11.0. The van der Waals surface area contributed by atoms with Crippen LogP contribution < -0.4 is 5.32 Å². The third kappa shape index (κ3) is 3.39. The molecule has 0 fully saturated rings. The molecule has 0 saturated heterocycles. The lowest BCUT2D eigenvalue weighted by molar-refractivity contribution is 0.578. The van der Waals surface area contributed by atoms with Gasteiger partial charge in [0, 0.05) is 18.4 Å². The van der Waals surface area contributed by atoms with Gasteiger partial charge in [-0.1, -0.05) is 18.2 Å². The molecular weight excluding hydrogens is 307 g/mol. The van der Waals surface area contributed by atoms with Gasteiger partial charge in [-0.05, 0) is 59.1 Å². The van der Waals surface area contributed by atoms with Gasteiger partial charge in [-0.2, -0.15) is 0 Å². The summed E-state index contributed by atoms with van der Waals surface area (Å²) in [7, 11) is 1.90. The van der Waals surface area contributed by atoms with E-state index in [-0.39, 0.29) is 11.9 Å². The van der Waals surface area contributed by atoms with Crippen molar-refractivity contribution in [3.05, 3.63) is 63.6 Å². The maximum atomic E-state index is 13.5. The van der Waals surface area contributed by atoms with Crippen molar-refractivity contribution in [3.8, 4) is 0 Å². The van der Waals surface area contributed by atoms with E-state index in [2.05, 4.69) is 32.3 Å². The third-order valence-electron chi connectivity index (χ3n) is 3.10. The number of halogens is 2. The van der Waals surface area contributed by atoms with E-state index in [1.807, 2.05) is 32.4 Å². The minimum absolute atomic E-state index is 0.116. The molecule has 0 aliphatic carbocycles. The predicted octanol–water partition coefficient (Wildman–Crippen LogP) is 3.79. The number of rotatable bonds is 4. The van der Waals surface area contributed by atoms with Gasteiger partial charge < -0.3 is 5.32 Å². The molecule has 19 heavy (non-hydrogen) atoms. The molecule has 2 rings (SSSR count). The number of hydrogen-bond acceptors (Lipinski definition) is 2. The average molecular weight is 323 g/mol. The summed E-state index contributed by atoms with van der Waals surface area (Å²) in [4.78, 5) is 4.21.